The molecular formula is C28H31ClN4O4S. The summed E-state index contributed by atoms with van der Waals surface area (Å²) >= 11 is 6.19. The van der Waals surface area contributed by atoms with Crippen LogP contribution in [0.25, 0.3) is 11.3 Å². The normalized spacial score (nSPS) is 23.3. The minimum Gasteiger partial charge on any atom is -0.380 e. The lowest BCUT2D eigenvalue weighted by atomic mass is 9.88. The first-order valence-electron chi connectivity index (χ1n) is 12.8. The van der Waals surface area contributed by atoms with E-state index in [-0.39, 0.29) is 23.4 Å². The van der Waals surface area contributed by atoms with Crippen LogP contribution in [0.15, 0.2) is 64.7 Å². The summed E-state index contributed by atoms with van der Waals surface area (Å²) in [6.07, 6.45) is 7.81. The summed E-state index contributed by atoms with van der Waals surface area (Å²) in [4.78, 5) is 18.3. The summed E-state index contributed by atoms with van der Waals surface area (Å²) in [5, 5.41) is 4.41. The van der Waals surface area contributed by atoms with E-state index < -0.39 is 9.84 Å². The van der Waals surface area contributed by atoms with Gasteiger partial charge in [-0.1, -0.05) is 11.6 Å². The van der Waals surface area contributed by atoms with Crippen molar-refractivity contribution in [2.75, 3.05) is 49.8 Å². The van der Waals surface area contributed by atoms with E-state index in [1.165, 1.54) is 6.26 Å². The third-order valence-corrected chi connectivity index (χ3v) is 8.79. The first-order chi connectivity index (χ1) is 18.2. The van der Waals surface area contributed by atoms with E-state index >= 15 is 0 Å². The van der Waals surface area contributed by atoms with Crippen molar-refractivity contribution in [2.24, 2.45) is 7.05 Å². The van der Waals surface area contributed by atoms with Gasteiger partial charge in [-0.15, -0.1) is 0 Å². The maximum Gasteiger partial charge on any atom is 0.260 e. The third-order valence-electron chi connectivity index (χ3n) is 7.70. The molecule has 0 saturated carbocycles. The molecule has 6 rings (SSSR count). The number of hydrogen-bond donors (Lipinski definition) is 1. The fourth-order valence-corrected chi connectivity index (χ4v) is 6.93. The van der Waals surface area contributed by atoms with Gasteiger partial charge in [-0.25, -0.2) is 8.42 Å². The van der Waals surface area contributed by atoms with Crippen molar-refractivity contribution in [3.8, 4) is 0 Å². The van der Waals surface area contributed by atoms with Crippen LogP contribution < -0.4 is 15.8 Å². The van der Waals surface area contributed by atoms with Gasteiger partial charge in [0, 0.05) is 67.7 Å². The number of pyridine rings is 1. The molecule has 0 spiro atoms. The van der Waals surface area contributed by atoms with Crippen LogP contribution in [0.2, 0.25) is 5.02 Å². The highest BCUT2D eigenvalue weighted by Crippen LogP contribution is 2.45. The number of ether oxygens (including phenoxy) is 1. The average molecular weight is 555 g/mol. The Morgan fingerprint density at radius 2 is 1.87 bits per heavy atom. The van der Waals surface area contributed by atoms with Gasteiger partial charge in [-0.3, -0.25) is 9.69 Å². The van der Waals surface area contributed by atoms with E-state index in [0.29, 0.717) is 21.7 Å². The molecule has 1 aromatic heterocycles. The summed E-state index contributed by atoms with van der Waals surface area (Å²) in [7, 11) is -1.62. The van der Waals surface area contributed by atoms with Crippen LogP contribution in [0.1, 0.15) is 17.5 Å². The molecule has 4 aliphatic rings. The van der Waals surface area contributed by atoms with Crippen LogP contribution in [0, 0.1) is 0 Å². The Bertz CT molecular complexity index is 1540. The standard InChI is InChI=1S/C28H31ClN4O4S/c1-31-8-7-23-19(17-38(2,35)36)13-18-15-33(22-5-3-20(29)4-6-22)24-14-21(16-32-9-11-37-12-10-32)30-27(25(18)24)26(23)28(31)34/h3-8,13,15,21,24,30H,9-12,14,16-17H2,1-2H3. The molecule has 1 N–H and O–H groups in total. The molecule has 2 aromatic rings. The maximum absolute atomic E-state index is 13.7. The number of aryl methyl sites for hydroxylation is 1. The quantitative estimate of drug-likeness (QED) is 0.608. The fraction of sp³-hybridized carbons (Fsp3) is 0.393. The molecule has 10 heteroatoms. The minimum atomic E-state index is -3.35. The fourth-order valence-electron chi connectivity index (χ4n) is 6.00. The topological polar surface area (TPSA) is 83.9 Å². The van der Waals surface area contributed by atoms with E-state index in [1.54, 1.807) is 17.8 Å². The van der Waals surface area contributed by atoms with E-state index in [4.69, 9.17) is 16.3 Å². The van der Waals surface area contributed by atoms with Crippen molar-refractivity contribution in [2.45, 2.75) is 18.5 Å². The van der Waals surface area contributed by atoms with Crippen LogP contribution >= 0.6 is 11.6 Å². The number of allylic oxidation sites excluding steroid dienone is 1. The highest BCUT2D eigenvalue weighted by atomic mass is 35.5. The average Bonchev–Trinajstić information content (AvgIpc) is 3.17. The van der Waals surface area contributed by atoms with Crippen molar-refractivity contribution in [1.82, 2.24) is 14.8 Å². The zero-order valence-corrected chi connectivity index (χ0v) is 23.1. The molecule has 0 amide bonds. The molecule has 1 fully saturated rings. The Labute approximate surface area is 227 Å². The second-order valence-electron chi connectivity index (χ2n) is 10.5. The second kappa shape index (κ2) is 9.72. The van der Waals surface area contributed by atoms with Gasteiger partial charge in [0.1, 0.15) is 0 Å². The summed E-state index contributed by atoms with van der Waals surface area (Å²) < 4.78 is 32.1. The van der Waals surface area contributed by atoms with Crippen molar-refractivity contribution in [3.05, 3.63) is 86.5 Å². The Hall–Kier alpha value is -2.85. The number of fused-ring (bicyclic) bond motifs is 2. The molecule has 0 radical (unpaired) electrons. The van der Waals surface area contributed by atoms with E-state index in [9.17, 15) is 13.2 Å². The monoisotopic (exact) mass is 554 g/mol. The van der Waals surface area contributed by atoms with Gasteiger partial charge in [-0.05, 0) is 59.5 Å². The Kier molecular flexibility index (Phi) is 6.50. The summed E-state index contributed by atoms with van der Waals surface area (Å²) in [5.41, 5.74) is 5.46. The van der Waals surface area contributed by atoms with E-state index in [1.807, 2.05) is 36.4 Å². The van der Waals surface area contributed by atoms with Crippen LogP contribution in [-0.4, -0.2) is 74.8 Å². The number of nitrogens with zero attached hydrogens (tertiary/aromatic N) is 3. The lowest BCUT2D eigenvalue weighted by Crippen LogP contribution is -2.51. The number of benzene rings is 1. The molecule has 4 heterocycles. The zero-order chi connectivity index (χ0) is 26.6. The largest absolute Gasteiger partial charge is 0.380 e. The number of aromatic nitrogens is 1. The smallest absolute Gasteiger partial charge is 0.260 e. The number of rotatable bonds is 5. The van der Waals surface area contributed by atoms with Crippen LogP contribution in [0.3, 0.4) is 0 Å². The van der Waals surface area contributed by atoms with E-state index in [0.717, 1.165) is 61.8 Å². The number of anilines is 1. The molecule has 2 unspecified atom stereocenters. The molecule has 2 atom stereocenters. The van der Waals surface area contributed by atoms with Gasteiger partial charge in [0.15, 0.2) is 9.84 Å². The Morgan fingerprint density at radius 3 is 2.58 bits per heavy atom. The van der Waals surface area contributed by atoms with Gasteiger partial charge in [0.2, 0.25) is 0 Å². The molecule has 1 saturated heterocycles. The van der Waals surface area contributed by atoms with Crippen molar-refractivity contribution < 1.29 is 13.2 Å². The molecule has 200 valence electrons. The lowest BCUT2D eigenvalue weighted by Gasteiger charge is -2.39. The Morgan fingerprint density at radius 1 is 1.13 bits per heavy atom. The van der Waals surface area contributed by atoms with Crippen molar-refractivity contribution in [3.63, 3.8) is 0 Å². The highest BCUT2D eigenvalue weighted by Gasteiger charge is 2.42. The summed E-state index contributed by atoms with van der Waals surface area (Å²) in [6.45, 7) is 4.01. The third kappa shape index (κ3) is 4.73. The summed E-state index contributed by atoms with van der Waals surface area (Å²) in [5.74, 6) is -0.145. The van der Waals surface area contributed by atoms with Crippen molar-refractivity contribution >= 4 is 38.4 Å². The molecular weight excluding hydrogens is 524 g/mol. The SMILES string of the molecule is Cn1ccc2c(c1=O)C1=C3C(=CN(c4ccc(Cl)cc4)C3CC(CN3CCOCC3)N1)C=C2CS(C)(=O)=O. The molecule has 1 aromatic carbocycles. The number of sulfone groups is 1. The number of halogens is 1. The molecule has 38 heavy (non-hydrogen) atoms. The van der Waals surface area contributed by atoms with Gasteiger partial charge >= 0.3 is 0 Å². The van der Waals surface area contributed by atoms with Crippen LogP contribution in [-0.2, 0) is 21.6 Å². The maximum atomic E-state index is 13.7. The molecule has 1 aliphatic carbocycles. The van der Waals surface area contributed by atoms with Crippen molar-refractivity contribution in [1.29, 1.82) is 0 Å². The molecule has 0 bridgehead atoms. The number of morpholine rings is 1. The minimum absolute atomic E-state index is 0.0138. The number of nitrogens with one attached hydrogen (secondary N) is 1. The van der Waals surface area contributed by atoms with E-state index in [2.05, 4.69) is 21.3 Å². The summed E-state index contributed by atoms with van der Waals surface area (Å²) in [6, 6.07) is 9.69. The lowest BCUT2D eigenvalue weighted by molar-refractivity contribution is 0.0335. The van der Waals surface area contributed by atoms with Gasteiger partial charge in [0.05, 0.1) is 36.3 Å². The Balaban J connectivity index is 1.53. The van der Waals surface area contributed by atoms with Crippen LogP contribution in [0.4, 0.5) is 5.69 Å². The van der Waals surface area contributed by atoms with Crippen LogP contribution in [0.5, 0.6) is 0 Å². The zero-order valence-electron chi connectivity index (χ0n) is 21.5. The number of hydrogen-bond acceptors (Lipinski definition) is 7. The first kappa shape index (κ1) is 25.4. The predicted molar refractivity (Wildman–Crippen MR) is 151 cm³/mol. The molecule has 8 nitrogen and oxygen atoms in total. The first-order valence-corrected chi connectivity index (χ1v) is 15.3. The van der Waals surface area contributed by atoms with Gasteiger partial charge in [0.25, 0.3) is 5.56 Å². The predicted octanol–water partition coefficient (Wildman–Crippen LogP) is 2.66. The highest BCUT2D eigenvalue weighted by molar-refractivity contribution is 7.91. The second-order valence-corrected chi connectivity index (χ2v) is 13.1. The molecule has 3 aliphatic heterocycles. The van der Waals surface area contributed by atoms with Gasteiger partial charge in [-0.2, -0.15) is 0 Å². The van der Waals surface area contributed by atoms with Gasteiger partial charge < -0.3 is 19.5 Å².